The van der Waals surface area contributed by atoms with Crippen molar-refractivity contribution in [3.8, 4) is 0 Å². The number of methoxy groups -OCH3 is 1. The number of nitrogens with zero attached hydrogens (tertiary/aromatic N) is 1. The average Bonchev–Trinajstić information content (AvgIpc) is 2.86. The molecule has 1 rings (SSSR count). The summed E-state index contributed by atoms with van der Waals surface area (Å²) in [7, 11) is 3.45. The van der Waals surface area contributed by atoms with Crippen LogP contribution >= 0.6 is 11.3 Å². The summed E-state index contributed by atoms with van der Waals surface area (Å²) in [6.45, 7) is 5.59. The van der Waals surface area contributed by atoms with Gasteiger partial charge in [-0.1, -0.05) is 6.07 Å². The summed E-state index contributed by atoms with van der Waals surface area (Å²) in [6, 6.07) is 4.05. The van der Waals surface area contributed by atoms with Gasteiger partial charge in [-0.25, -0.2) is 0 Å². The third-order valence-corrected chi connectivity index (χ3v) is 3.80. The van der Waals surface area contributed by atoms with Crippen molar-refractivity contribution in [2.75, 3.05) is 27.3 Å². The van der Waals surface area contributed by atoms with Crippen molar-refractivity contribution >= 4 is 17.2 Å². The minimum atomic E-state index is -0.551. The Hall–Kier alpha value is -0.910. The fourth-order valence-electron chi connectivity index (χ4n) is 1.55. The highest BCUT2D eigenvalue weighted by Crippen LogP contribution is 2.15. The first-order chi connectivity index (χ1) is 8.51. The van der Waals surface area contributed by atoms with E-state index in [2.05, 4.69) is 5.32 Å². The first kappa shape index (κ1) is 15.1. The third kappa shape index (κ3) is 4.08. The van der Waals surface area contributed by atoms with E-state index in [1.165, 1.54) is 4.88 Å². The number of carbonyl (C=O) groups is 1. The summed E-state index contributed by atoms with van der Waals surface area (Å²) < 4.78 is 5.08. The van der Waals surface area contributed by atoms with Gasteiger partial charge in [0.15, 0.2) is 0 Å². The van der Waals surface area contributed by atoms with Crippen LogP contribution in [-0.2, 0) is 16.1 Å². The fraction of sp³-hybridized carbons (Fsp3) is 0.615. The molecule has 0 fully saturated rings. The van der Waals surface area contributed by atoms with Crippen molar-refractivity contribution in [3.05, 3.63) is 22.4 Å². The summed E-state index contributed by atoms with van der Waals surface area (Å²) in [5, 5.41) is 5.07. The van der Waals surface area contributed by atoms with Gasteiger partial charge in [0.25, 0.3) is 0 Å². The Balaban J connectivity index is 2.74. The van der Waals surface area contributed by atoms with Gasteiger partial charge >= 0.3 is 0 Å². The average molecular weight is 270 g/mol. The number of nitrogens with one attached hydrogen (secondary N) is 1. The lowest BCUT2D eigenvalue weighted by molar-refractivity contribution is -0.138. The molecule has 0 aliphatic carbocycles. The quantitative estimate of drug-likeness (QED) is 0.820. The number of amides is 1. The Morgan fingerprint density at radius 3 is 2.78 bits per heavy atom. The predicted molar refractivity (Wildman–Crippen MR) is 74.8 cm³/mol. The highest BCUT2D eigenvalue weighted by molar-refractivity contribution is 7.09. The molecule has 1 aromatic rings. The Bertz CT molecular complexity index is 363. The molecule has 0 atom stereocenters. The first-order valence-electron chi connectivity index (χ1n) is 6.01. The zero-order valence-corrected chi connectivity index (χ0v) is 12.3. The van der Waals surface area contributed by atoms with Gasteiger partial charge in [-0.15, -0.1) is 11.3 Å². The van der Waals surface area contributed by atoms with Crippen molar-refractivity contribution in [2.24, 2.45) is 0 Å². The second kappa shape index (κ2) is 6.87. The van der Waals surface area contributed by atoms with Crippen molar-refractivity contribution in [1.29, 1.82) is 0 Å². The van der Waals surface area contributed by atoms with Gasteiger partial charge in [0.1, 0.15) is 0 Å². The topological polar surface area (TPSA) is 41.6 Å². The van der Waals surface area contributed by atoms with Crippen molar-refractivity contribution in [1.82, 2.24) is 10.2 Å². The van der Waals surface area contributed by atoms with E-state index in [0.717, 1.165) is 0 Å². The van der Waals surface area contributed by atoms with E-state index in [1.807, 2.05) is 36.3 Å². The van der Waals surface area contributed by atoms with Crippen LogP contribution in [0, 0.1) is 0 Å². The number of likely N-dealkylation sites (N-methyl/N-ethyl adjacent to an activating group) is 1. The number of rotatable bonds is 7. The monoisotopic (exact) mass is 270 g/mol. The molecule has 1 amide bonds. The molecule has 0 radical (unpaired) electrons. The first-order valence-corrected chi connectivity index (χ1v) is 6.89. The van der Waals surface area contributed by atoms with E-state index in [-0.39, 0.29) is 5.91 Å². The number of ether oxygens (including phenoxy) is 1. The second-order valence-electron chi connectivity index (χ2n) is 4.67. The molecule has 102 valence electrons. The lowest BCUT2D eigenvalue weighted by Gasteiger charge is -2.31. The zero-order valence-electron chi connectivity index (χ0n) is 11.5. The largest absolute Gasteiger partial charge is 0.383 e. The second-order valence-corrected chi connectivity index (χ2v) is 5.71. The van der Waals surface area contributed by atoms with Gasteiger partial charge in [-0.3, -0.25) is 4.79 Å². The normalized spacial score (nSPS) is 11.6. The molecular weight excluding hydrogens is 248 g/mol. The lowest BCUT2D eigenvalue weighted by Crippen LogP contribution is -2.53. The Kier molecular flexibility index (Phi) is 5.78. The van der Waals surface area contributed by atoms with E-state index < -0.39 is 5.54 Å². The molecule has 1 aromatic heterocycles. The van der Waals surface area contributed by atoms with Gasteiger partial charge in [0.2, 0.25) is 5.91 Å². The summed E-state index contributed by atoms with van der Waals surface area (Å²) in [5.41, 5.74) is -0.551. The molecule has 0 aliphatic rings. The van der Waals surface area contributed by atoms with Crippen LogP contribution in [0.25, 0.3) is 0 Å². The Morgan fingerprint density at radius 2 is 2.28 bits per heavy atom. The van der Waals surface area contributed by atoms with Crippen LogP contribution in [0.2, 0.25) is 0 Å². The van der Waals surface area contributed by atoms with Crippen molar-refractivity contribution in [3.63, 3.8) is 0 Å². The van der Waals surface area contributed by atoms with Gasteiger partial charge in [-0.05, 0) is 32.3 Å². The Labute approximate surface area is 113 Å². The Morgan fingerprint density at radius 1 is 1.56 bits per heavy atom. The van der Waals surface area contributed by atoms with Crippen molar-refractivity contribution < 1.29 is 9.53 Å². The minimum Gasteiger partial charge on any atom is -0.383 e. The molecule has 0 unspecified atom stereocenters. The van der Waals surface area contributed by atoms with Gasteiger partial charge in [0, 0.05) is 18.5 Å². The van der Waals surface area contributed by atoms with E-state index in [9.17, 15) is 4.79 Å². The molecular formula is C13H22N2O2S. The number of hydrogen-bond acceptors (Lipinski definition) is 4. The maximum Gasteiger partial charge on any atom is 0.242 e. The fourth-order valence-corrected chi connectivity index (χ4v) is 2.27. The predicted octanol–water partition coefficient (Wildman–Crippen LogP) is 1.72. The number of carbonyl (C=O) groups excluding carboxylic acids is 1. The van der Waals surface area contributed by atoms with Crippen LogP contribution in [0.4, 0.5) is 0 Å². The van der Waals surface area contributed by atoms with Crippen LogP contribution in [0.1, 0.15) is 18.7 Å². The third-order valence-electron chi connectivity index (χ3n) is 2.94. The van der Waals surface area contributed by atoms with Gasteiger partial charge in [0.05, 0.1) is 18.7 Å². The van der Waals surface area contributed by atoms with Gasteiger partial charge in [-0.2, -0.15) is 0 Å². The molecule has 4 nitrogen and oxygen atoms in total. The molecule has 5 heteroatoms. The van der Waals surface area contributed by atoms with Crippen LogP contribution < -0.4 is 5.32 Å². The summed E-state index contributed by atoms with van der Waals surface area (Å²) in [4.78, 5) is 15.5. The van der Waals surface area contributed by atoms with E-state index >= 15 is 0 Å². The molecule has 1 N–H and O–H groups in total. The molecule has 0 bridgehead atoms. The van der Waals surface area contributed by atoms with E-state index in [0.29, 0.717) is 19.7 Å². The lowest BCUT2D eigenvalue weighted by atomic mass is 10.0. The standard InChI is InChI=1S/C13H22N2O2S/c1-13(2,14-3)12(16)15(7-8-17-4)10-11-6-5-9-18-11/h5-6,9,14H,7-8,10H2,1-4H3. The zero-order chi connectivity index (χ0) is 13.6. The van der Waals surface area contributed by atoms with Gasteiger partial charge < -0.3 is 15.0 Å². The molecule has 0 spiro atoms. The van der Waals surface area contributed by atoms with Crippen LogP contribution in [0.5, 0.6) is 0 Å². The summed E-state index contributed by atoms with van der Waals surface area (Å²) >= 11 is 1.67. The SMILES string of the molecule is CNC(C)(C)C(=O)N(CCOC)Cc1cccs1. The number of thiophene rings is 1. The molecule has 0 aliphatic heterocycles. The molecule has 1 heterocycles. The minimum absolute atomic E-state index is 0.0930. The number of hydrogen-bond donors (Lipinski definition) is 1. The van der Waals surface area contributed by atoms with E-state index in [1.54, 1.807) is 25.5 Å². The highest BCUT2D eigenvalue weighted by Gasteiger charge is 2.30. The smallest absolute Gasteiger partial charge is 0.242 e. The molecule has 0 saturated heterocycles. The van der Waals surface area contributed by atoms with Crippen molar-refractivity contribution in [2.45, 2.75) is 25.9 Å². The summed E-state index contributed by atoms with van der Waals surface area (Å²) in [5.74, 6) is 0.0930. The maximum atomic E-state index is 12.4. The molecule has 0 aromatic carbocycles. The van der Waals surface area contributed by atoms with Crippen LogP contribution in [0.3, 0.4) is 0 Å². The molecule has 0 saturated carbocycles. The van der Waals surface area contributed by atoms with E-state index in [4.69, 9.17) is 4.74 Å². The highest BCUT2D eigenvalue weighted by atomic mass is 32.1. The van der Waals surface area contributed by atoms with Crippen LogP contribution in [0.15, 0.2) is 17.5 Å². The molecule has 18 heavy (non-hydrogen) atoms. The maximum absolute atomic E-state index is 12.4. The van der Waals surface area contributed by atoms with Crippen LogP contribution in [-0.4, -0.2) is 43.7 Å². The summed E-state index contributed by atoms with van der Waals surface area (Å²) in [6.07, 6.45) is 0.